The number of carbonyl (C=O) groups is 2. The van der Waals surface area contributed by atoms with Gasteiger partial charge < -0.3 is 29.7 Å². The third-order valence-corrected chi connectivity index (χ3v) is 4.96. The SMILES string of the molecule is COc1cc(OCC(=O)[O-])c2c3c(C(N)=O)cccc3n(Cc3ccccc3)c2c1.[Na+]. The molecule has 4 rings (SSSR count). The van der Waals surface area contributed by atoms with Gasteiger partial charge in [-0.15, -0.1) is 0 Å². The van der Waals surface area contributed by atoms with Crippen LogP contribution in [0.1, 0.15) is 15.9 Å². The maximum Gasteiger partial charge on any atom is 1.00 e. The molecule has 31 heavy (non-hydrogen) atoms. The van der Waals surface area contributed by atoms with Crippen LogP contribution >= 0.6 is 0 Å². The summed E-state index contributed by atoms with van der Waals surface area (Å²) in [5.41, 5.74) is 8.53. The van der Waals surface area contributed by atoms with Gasteiger partial charge in [0, 0.05) is 29.6 Å². The van der Waals surface area contributed by atoms with Crippen molar-refractivity contribution in [3.05, 3.63) is 71.8 Å². The zero-order chi connectivity index (χ0) is 21.3. The summed E-state index contributed by atoms with van der Waals surface area (Å²) in [5, 5.41) is 12.2. The summed E-state index contributed by atoms with van der Waals surface area (Å²) in [6, 6.07) is 18.6. The first-order chi connectivity index (χ1) is 14.5. The van der Waals surface area contributed by atoms with Crippen LogP contribution in [0.3, 0.4) is 0 Å². The molecule has 0 atom stereocenters. The van der Waals surface area contributed by atoms with Gasteiger partial charge in [0.2, 0.25) is 5.91 Å². The van der Waals surface area contributed by atoms with Crippen molar-refractivity contribution in [3.8, 4) is 11.5 Å². The number of fused-ring (bicyclic) bond motifs is 3. The molecule has 4 aromatic rings. The Hall–Kier alpha value is -3.00. The first-order valence-electron chi connectivity index (χ1n) is 9.29. The van der Waals surface area contributed by atoms with Gasteiger partial charge >= 0.3 is 29.6 Å². The topological polar surface area (TPSA) is 107 Å². The van der Waals surface area contributed by atoms with E-state index in [-0.39, 0.29) is 35.3 Å². The van der Waals surface area contributed by atoms with E-state index >= 15 is 0 Å². The largest absolute Gasteiger partial charge is 1.00 e. The fourth-order valence-corrected chi connectivity index (χ4v) is 3.71. The van der Waals surface area contributed by atoms with E-state index in [4.69, 9.17) is 15.2 Å². The van der Waals surface area contributed by atoms with Gasteiger partial charge in [-0.2, -0.15) is 0 Å². The van der Waals surface area contributed by atoms with Gasteiger partial charge in [0.15, 0.2) is 0 Å². The molecular weight excluding hydrogens is 407 g/mol. The van der Waals surface area contributed by atoms with Crippen molar-refractivity contribution in [1.82, 2.24) is 4.57 Å². The average Bonchev–Trinajstić information content (AvgIpc) is 3.06. The van der Waals surface area contributed by atoms with Crippen molar-refractivity contribution in [2.45, 2.75) is 6.54 Å². The van der Waals surface area contributed by atoms with Crippen LogP contribution in [-0.2, 0) is 11.3 Å². The van der Waals surface area contributed by atoms with Crippen molar-refractivity contribution < 1.29 is 53.7 Å². The Balaban J connectivity index is 0.00000272. The summed E-state index contributed by atoms with van der Waals surface area (Å²) in [6.45, 7) is -0.109. The molecule has 1 amide bonds. The van der Waals surface area contributed by atoms with Gasteiger partial charge in [0.05, 0.1) is 29.5 Å². The normalized spacial score (nSPS) is 10.6. The average molecular weight is 426 g/mol. The number of amides is 1. The molecule has 0 saturated heterocycles. The third-order valence-electron chi connectivity index (χ3n) is 4.96. The molecular formula is C23H19N2NaO5. The predicted octanol–water partition coefficient (Wildman–Crippen LogP) is -0.917. The molecule has 2 N–H and O–H groups in total. The minimum atomic E-state index is -1.35. The summed E-state index contributed by atoms with van der Waals surface area (Å²) in [4.78, 5) is 23.2. The van der Waals surface area contributed by atoms with E-state index in [0.29, 0.717) is 28.6 Å². The van der Waals surface area contributed by atoms with E-state index in [1.54, 1.807) is 18.2 Å². The second-order valence-electron chi connectivity index (χ2n) is 6.82. The molecule has 0 radical (unpaired) electrons. The fraction of sp³-hybridized carbons (Fsp3) is 0.130. The number of carboxylic acid groups (broad SMARTS) is 1. The molecule has 0 aliphatic heterocycles. The molecule has 0 aliphatic rings. The number of aliphatic carboxylic acids is 1. The molecule has 8 heteroatoms. The van der Waals surface area contributed by atoms with Crippen molar-refractivity contribution >= 4 is 33.7 Å². The van der Waals surface area contributed by atoms with E-state index in [1.807, 2.05) is 47.0 Å². The Morgan fingerprint density at radius 2 is 1.74 bits per heavy atom. The van der Waals surface area contributed by atoms with Gasteiger partial charge in [-0.05, 0) is 17.7 Å². The summed E-state index contributed by atoms with van der Waals surface area (Å²) in [6.07, 6.45) is 0. The van der Waals surface area contributed by atoms with Crippen LogP contribution < -0.4 is 49.9 Å². The van der Waals surface area contributed by atoms with E-state index in [9.17, 15) is 14.7 Å². The van der Waals surface area contributed by atoms with Crippen molar-refractivity contribution in [1.29, 1.82) is 0 Å². The van der Waals surface area contributed by atoms with Crippen LogP contribution in [0.15, 0.2) is 60.7 Å². The van der Waals surface area contributed by atoms with Gasteiger partial charge in [-0.25, -0.2) is 0 Å². The van der Waals surface area contributed by atoms with Crippen LogP contribution in [0, 0.1) is 0 Å². The number of rotatable bonds is 7. The molecule has 7 nitrogen and oxygen atoms in total. The summed E-state index contributed by atoms with van der Waals surface area (Å²) in [7, 11) is 1.52. The number of methoxy groups -OCH3 is 1. The molecule has 0 spiro atoms. The number of benzene rings is 3. The Morgan fingerprint density at radius 1 is 1.00 bits per heavy atom. The molecule has 0 unspecified atom stereocenters. The first-order valence-corrected chi connectivity index (χ1v) is 9.29. The third kappa shape index (κ3) is 4.39. The summed E-state index contributed by atoms with van der Waals surface area (Å²) in [5.74, 6) is -1.16. The quantitative estimate of drug-likeness (QED) is 0.385. The number of carbonyl (C=O) groups excluding carboxylic acids is 2. The Kier molecular flexibility index (Phi) is 6.90. The van der Waals surface area contributed by atoms with Crippen LogP contribution in [0.2, 0.25) is 0 Å². The molecule has 0 aliphatic carbocycles. The molecule has 0 fully saturated rings. The van der Waals surface area contributed by atoms with Gasteiger partial charge in [-0.3, -0.25) is 4.79 Å². The number of carboxylic acids is 1. The number of aromatic nitrogens is 1. The van der Waals surface area contributed by atoms with Crippen LogP contribution in [0.4, 0.5) is 0 Å². The van der Waals surface area contributed by atoms with Crippen LogP contribution in [-0.4, -0.2) is 30.2 Å². The Bertz CT molecular complexity index is 1270. The molecule has 3 aromatic carbocycles. The molecule has 152 valence electrons. The first kappa shape index (κ1) is 22.7. The van der Waals surface area contributed by atoms with Gasteiger partial charge in [0.25, 0.3) is 0 Å². The summed E-state index contributed by atoms with van der Waals surface area (Å²) < 4.78 is 13.0. The Morgan fingerprint density at radius 3 is 2.39 bits per heavy atom. The number of primary amides is 1. The smallest absolute Gasteiger partial charge is 0.546 e. The number of hydrogen-bond acceptors (Lipinski definition) is 5. The van der Waals surface area contributed by atoms with E-state index in [1.165, 1.54) is 7.11 Å². The number of ether oxygens (including phenoxy) is 2. The van der Waals surface area contributed by atoms with E-state index in [2.05, 4.69) is 0 Å². The fourth-order valence-electron chi connectivity index (χ4n) is 3.71. The monoisotopic (exact) mass is 426 g/mol. The molecule has 1 aromatic heterocycles. The predicted molar refractivity (Wildman–Crippen MR) is 111 cm³/mol. The standard InChI is InChI=1S/C23H20N2O5.Na/c1-29-15-10-18-22(19(11-15)30-13-20(26)27)21-16(23(24)28)8-5-9-17(21)25(18)12-14-6-3-2-4-7-14;/h2-11H,12-13H2,1H3,(H2,24,28)(H,26,27);/q;+1/p-1. The summed E-state index contributed by atoms with van der Waals surface area (Å²) >= 11 is 0. The number of hydrogen-bond donors (Lipinski definition) is 1. The maximum absolute atomic E-state index is 12.2. The van der Waals surface area contributed by atoms with Crippen molar-refractivity contribution in [2.75, 3.05) is 13.7 Å². The maximum atomic E-state index is 12.2. The number of nitrogens with zero attached hydrogens (tertiary/aromatic N) is 1. The molecule has 0 saturated carbocycles. The van der Waals surface area contributed by atoms with Crippen molar-refractivity contribution in [2.24, 2.45) is 5.73 Å². The zero-order valence-corrected chi connectivity index (χ0v) is 19.3. The molecule has 0 bridgehead atoms. The minimum Gasteiger partial charge on any atom is -0.546 e. The minimum absolute atomic E-state index is 0. The van der Waals surface area contributed by atoms with Gasteiger partial charge in [0.1, 0.15) is 18.1 Å². The van der Waals surface area contributed by atoms with Crippen LogP contribution in [0.5, 0.6) is 11.5 Å². The second kappa shape index (κ2) is 9.43. The number of nitrogens with two attached hydrogens (primary N) is 1. The van der Waals surface area contributed by atoms with E-state index < -0.39 is 18.5 Å². The Labute approximate surface area is 200 Å². The van der Waals surface area contributed by atoms with Crippen LogP contribution in [0.25, 0.3) is 21.8 Å². The van der Waals surface area contributed by atoms with E-state index in [0.717, 1.165) is 16.6 Å². The zero-order valence-electron chi connectivity index (χ0n) is 17.3. The van der Waals surface area contributed by atoms with Gasteiger partial charge in [-0.1, -0.05) is 36.4 Å². The second-order valence-corrected chi connectivity index (χ2v) is 6.82. The van der Waals surface area contributed by atoms with Crippen molar-refractivity contribution in [3.63, 3.8) is 0 Å². The molecule has 1 heterocycles.